The van der Waals surface area contributed by atoms with Crippen LogP contribution >= 0.6 is 0 Å². The molecule has 0 spiro atoms. The maximum absolute atomic E-state index is 14.2. The summed E-state index contributed by atoms with van der Waals surface area (Å²) in [6, 6.07) is 3.66. The van der Waals surface area contributed by atoms with E-state index < -0.39 is 5.83 Å². The molecular formula is C27H33FN6O. The monoisotopic (exact) mass is 476 g/mol. The lowest BCUT2D eigenvalue weighted by Gasteiger charge is -2.28. The van der Waals surface area contributed by atoms with Gasteiger partial charge in [0, 0.05) is 42.4 Å². The van der Waals surface area contributed by atoms with E-state index in [1.54, 1.807) is 30.0 Å². The number of rotatable bonds is 8. The van der Waals surface area contributed by atoms with E-state index >= 15 is 0 Å². The summed E-state index contributed by atoms with van der Waals surface area (Å²) in [5.41, 5.74) is 2.54. The fourth-order valence-electron chi connectivity index (χ4n) is 4.18. The highest BCUT2D eigenvalue weighted by molar-refractivity contribution is 6.14. The van der Waals surface area contributed by atoms with Gasteiger partial charge in [-0.1, -0.05) is 38.3 Å². The molecule has 1 amide bonds. The third-order valence-electron chi connectivity index (χ3n) is 6.02. The first-order valence-electron chi connectivity index (χ1n) is 12.2. The summed E-state index contributed by atoms with van der Waals surface area (Å²) < 4.78 is 14.2. The van der Waals surface area contributed by atoms with E-state index in [0.717, 1.165) is 44.2 Å². The second-order valence-electron chi connectivity index (χ2n) is 8.52. The van der Waals surface area contributed by atoms with Crippen LogP contribution in [0.1, 0.15) is 68.4 Å². The number of hydrogen-bond acceptors (Lipinski definition) is 6. The number of allylic oxidation sites excluding steroid dienone is 6. The van der Waals surface area contributed by atoms with Crippen molar-refractivity contribution < 1.29 is 9.18 Å². The topological polar surface area (TPSA) is 96.1 Å². The molecule has 1 aromatic rings. The molecule has 2 aliphatic heterocycles. The van der Waals surface area contributed by atoms with E-state index in [1.165, 1.54) is 18.5 Å². The predicted octanol–water partition coefficient (Wildman–Crippen LogP) is 5.67. The third kappa shape index (κ3) is 6.44. The number of nitriles is 1. The zero-order valence-corrected chi connectivity index (χ0v) is 20.5. The van der Waals surface area contributed by atoms with Gasteiger partial charge >= 0.3 is 0 Å². The summed E-state index contributed by atoms with van der Waals surface area (Å²) in [4.78, 5) is 21.0. The smallest absolute Gasteiger partial charge is 0.272 e. The number of nitrogens with zero attached hydrogens (tertiary/aromatic N) is 4. The Bertz CT molecular complexity index is 1100. The van der Waals surface area contributed by atoms with Gasteiger partial charge in [0.05, 0.1) is 17.5 Å². The molecule has 0 saturated carbocycles. The zero-order valence-electron chi connectivity index (χ0n) is 20.5. The first-order valence-corrected chi connectivity index (χ1v) is 12.2. The third-order valence-corrected chi connectivity index (χ3v) is 6.02. The second kappa shape index (κ2) is 12.7. The van der Waals surface area contributed by atoms with E-state index in [2.05, 4.69) is 17.2 Å². The first-order chi connectivity index (χ1) is 17.0. The largest absolute Gasteiger partial charge is 0.372 e. The van der Waals surface area contributed by atoms with Crippen LogP contribution < -0.4 is 5.32 Å². The van der Waals surface area contributed by atoms with Gasteiger partial charge in [0.15, 0.2) is 0 Å². The highest BCUT2D eigenvalue weighted by Gasteiger charge is 2.24. The first kappa shape index (κ1) is 25.9. The Hall–Kier alpha value is -3.73. The molecule has 2 aliphatic rings. The molecule has 1 saturated heterocycles. The molecule has 0 aliphatic carbocycles. The Morgan fingerprint density at radius 1 is 1.29 bits per heavy atom. The number of hydrogen-bond donors (Lipinski definition) is 2. The van der Waals surface area contributed by atoms with Gasteiger partial charge in [0.2, 0.25) is 0 Å². The lowest BCUT2D eigenvalue weighted by Crippen LogP contribution is -2.32. The molecule has 1 aromatic heterocycles. The average molecular weight is 477 g/mol. The molecule has 0 unspecified atom stereocenters. The fraction of sp³-hybridized carbons (Fsp3) is 0.407. The molecule has 3 rings (SSSR count). The number of likely N-dealkylation sites (tertiary alicyclic amines) is 1. The molecule has 2 N–H and O–H groups in total. The van der Waals surface area contributed by atoms with Crippen molar-refractivity contribution in [2.45, 2.75) is 52.4 Å². The number of pyridine rings is 1. The van der Waals surface area contributed by atoms with Crippen LogP contribution in [0.4, 0.5) is 10.1 Å². The van der Waals surface area contributed by atoms with Crippen molar-refractivity contribution in [3.63, 3.8) is 0 Å². The van der Waals surface area contributed by atoms with Gasteiger partial charge in [-0.25, -0.2) is 4.39 Å². The summed E-state index contributed by atoms with van der Waals surface area (Å²) in [5.74, 6) is -0.558. The Balaban J connectivity index is 1.95. The number of amides is 1. The van der Waals surface area contributed by atoms with Crippen LogP contribution in [0.3, 0.4) is 0 Å². The Morgan fingerprint density at radius 3 is 2.69 bits per heavy atom. The predicted molar refractivity (Wildman–Crippen MR) is 136 cm³/mol. The number of carbonyl (C=O) groups is 1. The van der Waals surface area contributed by atoms with Crippen molar-refractivity contribution in [2.24, 2.45) is 0 Å². The van der Waals surface area contributed by atoms with Crippen LogP contribution in [0.25, 0.3) is 0 Å². The number of anilines is 1. The number of halogens is 1. The van der Waals surface area contributed by atoms with Crippen molar-refractivity contribution in [3.8, 4) is 6.07 Å². The normalized spacial score (nSPS) is 17.6. The van der Waals surface area contributed by atoms with Crippen LogP contribution in [0, 0.1) is 16.7 Å². The van der Waals surface area contributed by atoms with Crippen molar-refractivity contribution in [3.05, 3.63) is 71.2 Å². The Labute approximate surface area is 206 Å². The lowest BCUT2D eigenvalue weighted by molar-refractivity contribution is 0.0756. The van der Waals surface area contributed by atoms with E-state index in [9.17, 15) is 9.18 Å². The minimum atomic E-state index is -0.412. The summed E-state index contributed by atoms with van der Waals surface area (Å²) in [7, 11) is 0. The van der Waals surface area contributed by atoms with Gasteiger partial charge in [-0.3, -0.25) is 15.2 Å². The molecule has 0 aromatic carbocycles. The highest BCUT2D eigenvalue weighted by Crippen LogP contribution is 2.28. The average Bonchev–Trinajstić information content (AvgIpc) is 3.16. The van der Waals surface area contributed by atoms with Crippen LogP contribution in [-0.4, -0.2) is 46.0 Å². The van der Waals surface area contributed by atoms with Crippen molar-refractivity contribution in [1.82, 2.24) is 14.8 Å². The number of unbranched alkanes of at least 4 members (excludes halogenated alkanes) is 1. The molecule has 35 heavy (non-hydrogen) atoms. The van der Waals surface area contributed by atoms with E-state index in [1.807, 2.05) is 17.0 Å². The SMILES string of the molecule is C/C=C(/C(=N)c1cnc(C(=O)N2CCCCCC2)cc1NCC#N)N1C=C(F)C=C/C1=C\CCC. The van der Waals surface area contributed by atoms with Crippen molar-refractivity contribution in [1.29, 1.82) is 10.7 Å². The Morgan fingerprint density at radius 2 is 2.03 bits per heavy atom. The minimum Gasteiger partial charge on any atom is -0.372 e. The minimum absolute atomic E-state index is 0.00937. The molecule has 3 heterocycles. The molecular weight excluding hydrogens is 443 g/mol. The van der Waals surface area contributed by atoms with Gasteiger partial charge in [0.1, 0.15) is 18.1 Å². The van der Waals surface area contributed by atoms with Crippen LogP contribution in [0.2, 0.25) is 0 Å². The molecule has 0 bridgehead atoms. The van der Waals surface area contributed by atoms with Gasteiger partial charge in [-0.05, 0) is 44.4 Å². The molecule has 184 valence electrons. The molecule has 0 atom stereocenters. The van der Waals surface area contributed by atoms with Crippen molar-refractivity contribution >= 4 is 17.3 Å². The second-order valence-corrected chi connectivity index (χ2v) is 8.52. The lowest BCUT2D eigenvalue weighted by atomic mass is 10.0. The zero-order chi connectivity index (χ0) is 25.2. The molecule has 1 fully saturated rings. The summed E-state index contributed by atoms with van der Waals surface area (Å²) in [6.45, 7) is 5.27. The summed E-state index contributed by atoms with van der Waals surface area (Å²) in [5, 5.41) is 21.1. The molecule has 7 nitrogen and oxygen atoms in total. The van der Waals surface area contributed by atoms with Crippen LogP contribution in [0.15, 0.2) is 60.0 Å². The fourth-order valence-corrected chi connectivity index (χ4v) is 4.18. The maximum atomic E-state index is 14.2. The van der Waals surface area contributed by atoms with Crippen LogP contribution in [0.5, 0.6) is 0 Å². The summed E-state index contributed by atoms with van der Waals surface area (Å²) in [6.07, 6.45) is 15.6. The Kier molecular flexibility index (Phi) is 9.36. The van der Waals surface area contributed by atoms with E-state index in [0.29, 0.717) is 30.0 Å². The number of aromatic nitrogens is 1. The van der Waals surface area contributed by atoms with Gasteiger partial charge in [-0.15, -0.1) is 0 Å². The standard InChI is InChI=1S/C27H33FN6O/c1-3-5-10-21-12-11-20(28)19-34(21)25(4-2)26(30)22-18-32-24(17-23(22)31-14-13-29)27(35)33-15-8-6-7-9-16-33/h4,10-12,17-19,30H,3,5-9,14-16H2,1-2H3,(H,31,32)/b21-10+,25-4-,30-26?. The van der Waals surface area contributed by atoms with Gasteiger partial charge < -0.3 is 15.1 Å². The summed E-state index contributed by atoms with van der Waals surface area (Å²) >= 11 is 0. The molecule has 8 heteroatoms. The number of carbonyl (C=O) groups excluding carboxylic acids is 1. The van der Waals surface area contributed by atoms with Crippen LogP contribution in [-0.2, 0) is 0 Å². The maximum Gasteiger partial charge on any atom is 0.272 e. The van der Waals surface area contributed by atoms with Gasteiger partial charge in [-0.2, -0.15) is 5.26 Å². The van der Waals surface area contributed by atoms with Gasteiger partial charge in [0.25, 0.3) is 5.91 Å². The van der Waals surface area contributed by atoms with Crippen molar-refractivity contribution in [2.75, 3.05) is 25.0 Å². The number of nitrogens with one attached hydrogen (secondary N) is 2. The molecule has 0 radical (unpaired) electrons. The van der Waals surface area contributed by atoms with E-state index in [4.69, 9.17) is 10.7 Å². The van der Waals surface area contributed by atoms with E-state index in [-0.39, 0.29) is 23.9 Å². The quantitative estimate of drug-likeness (QED) is 0.372. The highest BCUT2D eigenvalue weighted by atomic mass is 19.1.